The van der Waals surface area contributed by atoms with Crippen LogP contribution >= 0.6 is 0 Å². The summed E-state index contributed by atoms with van der Waals surface area (Å²) in [6.07, 6.45) is 4.38. The number of amides is 1. The summed E-state index contributed by atoms with van der Waals surface area (Å²) in [6, 6.07) is 4.16. The van der Waals surface area contributed by atoms with Crippen LogP contribution in [0.25, 0.3) is 0 Å². The first-order valence-electron chi connectivity index (χ1n) is 7.96. The van der Waals surface area contributed by atoms with Crippen LogP contribution in [0.1, 0.15) is 37.2 Å². The summed E-state index contributed by atoms with van der Waals surface area (Å²) in [5, 5.41) is 0. The quantitative estimate of drug-likeness (QED) is 0.867. The molecular weight excluding hydrogens is 268 g/mol. The minimum atomic E-state index is 0.0252. The van der Waals surface area contributed by atoms with E-state index in [0.717, 1.165) is 39.0 Å². The largest absolute Gasteiger partial charge is 0.459 e. The van der Waals surface area contributed by atoms with Gasteiger partial charge < -0.3 is 19.0 Å². The summed E-state index contributed by atoms with van der Waals surface area (Å²) in [7, 11) is 0. The highest BCUT2D eigenvalue weighted by Crippen LogP contribution is 2.14. The summed E-state index contributed by atoms with van der Waals surface area (Å²) in [6.45, 7) is 8.15. The summed E-state index contributed by atoms with van der Waals surface area (Å²) in [5.74, 6) is 0.478. The van der Waals surface area contributed by atoms with Crippen molar-refractivity contribution in [1.82, 2.24) is 4.90 Å². The zero-order chi connectivity index (χ0) is 14.8. The molecular formula is C16H25N2O3+. The van der Waals surface area contributed by atoms with Gasteiger partial charge in [0.2, 0.25) is 0 Å². The molecule has 0 radical (unpaired) electrons. The molecule has 1 N–H and O–H groups in total. The van der Waals surface area contributed by atoms with Crippen LogP contribution in [0.15, 0.2) is 22.8 Å². The Morgan fingerprint density at radius 2 is 1.90 bits per heavy atom. The lowest BCUT2D eigenvalue weighted by Gasteiger charge is -2.40. The second kappa shape index (κ2) is 6.20. The number of carbonyl (C=O) groups excluding carboxylic acids is 1. The molecule has 0 aromatic carbocycles. The highest BCUT2D eigenvalue weighted by atomic mass is 16.5. The van der Waals surface area contributed by atoms with Crippen LogP contribution in [-0.2, 0) is 4.74 Å². The Kier molecular flexibility index (Phi) is 4.31. The third-order valence-electron chi connectivity index (χ3n) is 4.66. The normalized spacial score (nSPS) is 31.3. The maximum atomic E-state index is 12.3. The van der Waals surface area contributed by atoms with Gasteiger partial charge in [0, 0.05) is 25.9 Å². The fraction of sp³-hybridized carbons (Fsp3) is 0.688. The lowest BCUT2D eigenvalue weighted by atomic mass is 10.0. The topological polar surface area (TPSA) is 47.1 Å². The molecule has 21 heavy (non-hydrogen) atoms. The van der Waals surface area contributed by atoms with Crippen LogP contribution in [0, 0.1) is 0 Å². The fourth-order valence-electron chi connectivity index (χ4n) is 3.69. The van der Waals surface area contributed by atoms with Crippen molar-refractivity contribution in [2.45, 2.75) is 44.9 Å². The fourth-order valence-corrected chi connectivity index (χ4v) is 3.69. The molecule has 0 aliphatic carbocycles. The minimum absolute atomic E-state index is 0.0252. The van der Waals surface area contributed by atoms with Gasteiger partial charge in [0.15, 0.2) is 5.76 Å². The van der Waals surface area contributed by atoms with Crippen molar-refractivity contribution < 1.29 is 18.8 Å². The van der Waals surface area contributed by atoms with E-state index < -0.39 is 0 Å². The van der Waals surface area contributed by atoms with Crippen molar-refractivity contribution in [2.75, 3.05) is 26.2 Å². The number of furan rings is 1. The minimum Gasteiger partial charge on any atom is -0.459 e. The molecule has 0 unspecified atom stereocenters. The number of morpholine rings is 1. The third-order valence-corrected chi connectivity index (χ3v) is 4.66. The molecule has 2 fully saturated rings. The molecule has 3 rings (SSSR count). The Hall–Kier alpha value is -1.33. The molecule has 3 heterocycles. The molecule has 5 heteroatoms. The summed E-state index contributed by atoms with van der Waals surface area (Å²) in [4.78, 5) is 15.8. The predicted octanol–water partition coefficient (Wildman–Crippen LogP) is 0.576. The average Bonchev–Trinajstić information content (AvgIpc) is 3.00. The number of ether oxygens (including phenoxy) is 1. The lowest BCUT2D eigenvalue weighted by molar-refractivity contribution is -0.940. The third kappa shape index (κ3) is 3.30. The molecule has 0 bridgehead atoms. The molecule has 1 aromatic rings. The number of piperidine rings is 1. The van der Waals surface area contributed by atoms with Gasteiger partial charge in [0.05, 0.1) is 12.3 Å². The number of hydrogen-bond acceptors (Lipinski definition) is 3. The van der Waals surface area contributed by atoms with E-state index in [1.807, 2.05) is 4.90 Å². The second-order valence-electron chi connectivity index (χ2n) is 6.37. The van der Waals surface area contributed by atoms with E-state index in [4.69, 9.17) is 9.15 Å². The Morgan fingerprint density at radius 3 is 2.48 bits per heavy atom. The summed E-state index contributed by atoms with van der Waals surface area (Å²) < 4.78 is 11.0. The summed E-state index contributed by atoms with van der Waals surface area (Å²) >= 11 is 0. The average molecular weight is 293 g/mol. The lowest BCUT2D eigenvalue weighted by Crippen LogP contribution is -3.19. The van der Waals surface area contributed by atoms with Gasteiger partial charge in [-0.15, -0.1) is 0 Å². The van der Waals surface area contributed by atoms with Gasteiger partial charge in [-0.3, -0.25) is 4.79 Å². The highest BCUT2D eigenvalue weighted by molar-refractivity contribution is 5.91. The zero-order valence-electron chi connectivity index (χ0n) is 12.9. The monoisotopic (exact) mass is 293 g/mol. The predicted molar refractivity (Wildman–Crippen MR) is 78.3 cm³/mol. The van der Waals surface area contributed by atoms with Gasteiger partial charge in [-0.2, -0.15) is 0 Å². The van der Waals surface area contributed by atoms with E-state index in [2.05, 4.69) is 13.8 Å². The van der Waals surface area contributed by atoms with Crippen LogP contribution in [0.5, 0.6) is 0 Å². The van der Waals surface area contributed by atoms with Crippen molar-refractivity contribution in [3.8, 4) is 0 Å². The van der Waals surface area contributed by atoms with Gasteiger partial charge in [-0.1, -0.05) is 0 Å². The van der Waals surface area contributed by atoms with E-state index in [9.17, 15) is 4.79 Å². The Bertz CT molecular complexity index is 456. The molecule has 0 saturated carbocycles. The van der Waals surface area contributed by atoms with Gasteiger partial charge in [0.1, 0.15) is 25.3 Å². The Morgan fingerprint density at radius 1 is 1.24 bits per heavy atom. The number of nitrogens with one attached hydrogen (secondary N) is 1. The highest BCUT2D eigenvalue weighted by Gasteiger charge is 2.35. The maximum absolute atomic E-state index is 12.3. The van der Waals surface area contributed by atoms with E-state index in [1.165, 1.54) is 0 Å². The summed E-state index contributed by atoms with van der Waals surface area (Å²) in [5.41, 5.74) is 0. The van der Waals surface area contributed by atoms with E-state index >= 15 is 0 Å². The van der Waals surface area contributed by atoms with Gasteiger partial charge in [-0.25, -0.2) is 0 Å². The molecule has 0 spiro atoms. The van der Waals surface area contributed by atoms with Crippen molar-refractivity contribution in [1.29, 1.82) is 0 Å². The van der Waals surface area contributed by atoms with Crippen molar-refractivity contribution in [3.63, 3.8) is 0 Å². The molecule has 2 saturated heterocycles. The number of carbonyl (C=O) groups is 1. The van der Waals surface area contributed by atoms with Crippen LogP contribution < -0.4 is 4.90 Å². The molecule has 1 amide bonds. The van der Waals surface area contributed by atoms with Crippen molar-refractivity contribution in [3.05, 3.63) is 24.2 Å². The number of likely N-dealkylation sites (tertiary alicyclic amines) is 1. The first kappa shape index (κ1) is 14.6. The number of quaternary nitrogens is 1. The smallest absolute Gasteiger partial charge is 0.289 e. The molecule has 1 aromatic heterocycles. The Balaban J connectivity index is 1.54. The molecule has 116 valence electrons. The Labute approximate surface area is 125 Å². The van der Waals surface area contributed by atoms with Gasteiger partial charge in [0.25, 0.3) is 5.91 Å². The van der Waals surface area contributed by atoms with Crippen molar-refractivity contribution >= 4 is 5.91 Å². The molecule has 5 nitrogen and oxygen atoms in total. The SMILES string of the molecule is C[C@H]1C[NH+](C2CCN(C(=O)c3ccco3)CC2)C[C@H](C)O1. The second-order valence-corrected chi connectivity index (χ2v) is 6.37. The van der Waals surface area contributed by atoms with Gasteiger partial charge >= 0.3 is 0 Å². The van der Waals surface area contributed by atoms with E-state index in [0.29, 0.717) is 24.0 Å². The maximum Gasteiger partial charge on any atom is 0.289 e. The first-order chi connectivity index (χ1) is 10.1. The van der Waals surface area contributed by atoms with Crippen molar-refractivity contribution in [2.24, 2.45) is 0 Å². The van der Waals surface area contributed by atoms with E-state index in [1.54, 1.807) is 23.3 Å². The standard InChI is InChI=1S/C16H24N2O3/c1-12-10-18(11-13(2)21-12)14-5-7-17(8-6-14)16(19)15-4-3-9-20-15/h3-4,9,12-14H,5-8,10-11H2,1-2H3/p+1/t12-,13-/m0/s1. The van der Waals surface area contributed by atoms with Crippen LogP contribution in [0.3, 0.4) is 0 Å². The molecule has 2 aliphatic heterocycles. The van der Waals surface area contributed by atoms with Gasteiger partial charge in [-0.05, 0) is 26.0 Å². The van der Waals surface area contributed by atoms with E-state index in [-0.39, 0.29) is 5.91 Å². The van der Waals surface area contributed by atoms with Crippen LogP contribution in [0.4, 0.5) is 0 Å². The first-order valence-corrected chi connectivity index (χ1v) is 7.96. The molecule has 2 atom stereocenters. The van der Waals surface area contributed by atoms with Crippen LogP contribution in [-0.4, -0.2) is 55.2 Å². The number of hydrogen-bond donors (Lipinski definition) is 1. The zero-order valence-corrected chi connectivity index (χ0v) is 12.9. The van der Waals surface area contributed by atoms with Crippen LogP contribution in [0.2, 0.25) is 0 Å². The number of rotatable bonds is 2. The molecule has 2 aliphatic rings. The number of nitrogens with zero attached hydrogens (tertiary/aromatic N) is 1.